The molecule has 1 aliphatic heterocycles. The predicted molar refractivity (Wildman–Crippen MR) is 60.7 cm³/mol. The maximum Gasteiger partial charge on any atom is 0.195 e. The Labute approximate surface area is 92.2 Å². The molecule has 0 unspecified atom stereocenters. The molecule has 0 saturated carbocycles. The molecule has 0 spiro atoms. The lowest BCUT2D eigenvalue weighted by atomic mass is 9.93. The lowest BCUT2D eigenvalue weighted by Crippen LogP contribution is -2.23. The summed E-state index contributed by atoms with van der Waals surface area (Å²) in [6, 6.07) is 0. The number of rotatable bonds is 7. The SMILES string of the molecule is CCCCCCC1(CC(C)C)N=NN=N1. The third kappa shape index (κ3) is 4.06. The molecule has 0 radical (unpaired) electrons. The van der Waals surface area contributed by atoms with Gasteiger partial charge in [-0.1, -0.05) is 40.0 Å². The van der Waals surface area contributed by atoms with Gasteiger partial charge in [-0.05, 0) is 35.6 Å². The second-order valence-corrected chi connectivity index (χ2v) is 4.77. The molecule has 0 aromatic rings. The van der Waals surface area contributed by atoms with E-state index in [0.29, 0.717) is 5.92 Å². The Hall–Kier alpha value is -0.800. The number of hydrogen-bond acceptors (Lipinski definition) is 4. The zero-order valence-electron chi connectivity index (χ0n) is 10.1. The van der Waals surface area contributed by atoms with Gasteiger partial charge in [-0.3, -0.25) is 0 Å². The monoisotopic (exact) mass is 210 g/mol. The van der Waals surface area contributed by atoms with Gasteiger partial charge in [-0.15, -0.1) is 10.2 Å². The standard InChI is InChI=1S/C11H22N4/c1-4-5-6-7-8-11(9-10(2)3)12-14-15-13-11/h10H,4-9H2,1-3H3. The van der Waals surface area contributed by atoms with E-state index < -0.39 is 0 Å². The van der Waals surface area contributed by atoms with Gasteiger partial charge in [0.25, 0.3) is 0 Å². The molecule has 0 bridgehead atoms. The summed E-state index contributed by atoms with van der Waals surface area (Å²) in [5.41, 5.74) is -0.318. The number of nitrogens with zero attached hydrogens (tertiary/aromatic N) is 4. The largest absolute Gasteiger partial charge is 0.195 e. The average molecular weight is 210 g/mol. The Bertz CT molecular complexity index is 221. The molecule has 0 aliphatic carbocycles. The average Bonchev–Trinajstić information content (AvgIpc) is 2.61. The molecule has 1 heterocycles. The van der Waals surface area contributed by atoms with Gasteiger partial charge in [0, 0.05) is 0 Å². The van der Waals surface area contributed by atoms with Crippen molar-refractivity contribution in [2.75, 3.05) is 0 Å². The summed E-state index contributed by atoms with van der Waals surface area (Å²) in [7, 11) is 0. The van der Waals surface area contributed by atoms with E-state index in [-0.39, 0.29) is 5.66 Å². The predicted octanol–water partition coefficient (Wildman–Crippen LogP) is 4.53. The van der Waals surface area contributed by atoms with E-state index in [2.05, 4.69) is 41.4 Å². The highest BCUT2D eigenvalue weighted by Crippen LogP contribution is 2.33. The highest BCUT2D eigenvalue weighted by Gasteiger charge is 2.33. The molecule has 0 N–H and O–H groups in total. The first-order chi connectivity index (χ1) is 7.18. The van der Waals surface area contributed by atoms with Gasteiger partial charge >= 0.3 is 0 Å². The van der Waals surface area contributed by atoms with Crippen LogP contribution in [0.25, 0.3) is 0 Å². The van der Waals surface area contributed by atoms with Crippen LogP contribution in [0.3, 0.4) is 0 Å². The van der Waals surface area contributed by atoms with Gasteiger partial charge in [-0.2, -0.15) is 0 Å². The lowest BCUT2D eigenvalue weighted by Gasteiger charge is -2.21. The summed E-state index contributed by atoms with van der Waals surface area (Å²) in [4.78, 5) is 0. The van der Waals surface area contributed by atoms with E-state index in [4.69, 9.17) is 0 Å². The molecule has 86 valence electrons. The first kappa shape index (κ1) is 12.3. The number of unbranched alkanes of at least 4 members (excludes halogenated alkanes) is 3. The Kier molecular flexibility index (Phi) is 4.85. The molecule has 0 aromatic carbocycles. The summed E-state index contributed by atoms with van der Waals surface area (Å²) >= 11 is 0. The molecule has 4 heteroatoms. The van der Waals surface area contributed by atoms with Crippen LogP contribution < -0.4 is 0 Å². The van der Waals surface area contributed by atoms with E-state index in [1.54, 1.807) is 0 Å². The van der Waals surface area contributed by atoms with Crippen molar-refractivity contribution in [3.8, 4) is 0 Å². The summed E-state index contributed by atoms with van der Waals surface area (Å²) in [5, 5.41) is 15.7. The van der Waals surface area contributed by atoms with E-state index in [1.165, 1.54) is 25.7 Å². The normalized spacial score (nSPS) is 17.9. The van der Waals surface area contributed by atoms with Crippen LogP contribution in [-0.2, 0) is 0 Å². The van der Waals surface area contributed by atoms with Crippen molar-refractivity contribution in [1.29, 1.82) is 0 Å². The molecule has 0 aromatic heterocycles. The van der Waals surface area contributed by atoms with Gasteiger partial charge in [0.1, 0.15) is 0 Å². The molecule has 0 saturated heterocycles. The molecule has 0 fully saturated rings. The van der Waals surface area contributed by atoms with E-state index in [1.807, 2.05) is 0 Å². The third-order valence-corrected chi connectivity index (χ3v) is 2.67. The first-order valence-corrected chi connectivity index (χ1v) is 6.02. The van der Waals surface area contributed by atoms with Gasteiger partial charge in [-0.25, -0.2) is 0 Å². The van der Waals surface area contributed by atoms with Crippen LogP contribution in [0.4, 0.5) is 0 Å². The van der Waals surface area contributed by atoms with E-state index in [0.717, 1.165) is 12.8 Å². The van der Waals surface area contributed by atoms with Crippen molar-refractivity contribution >= 4 is 0 Å². The van der Waals surface area contributed by atoms with Crippen LogP contribution in [0, 0.1) is 5.92 Å². The number of hydrogen-bond donors (Lipinski definition) is 0. The zero-order chi connectivity index (χ0) is 11.1. The van der Waals surface area contributed by atoms with Gasteiger partial charge in [0.2, 0.25) is 0 Å². The Morgan fingerprint density at radius 3 is 2.20 bits per heavy atom. The molecule has 15 heavy (non-hydrogen) atoms. The molecular formula is C11H22N4. The van der Waals surface area contributed by atoms with Crippen molar-refractivity contribution in [2.24, 2.45) is 26.6 Å². The minimum absolute atomic E-state index is 0.318. The van der Waals surface area contributed by atoms with Crippen LogP contribution in [0.15, 0.2) is 20.7 Å². The maximum absolute atomic E-state index is 4.20. The van der Waals surface area contributed by atoms with Crippen LogP contribution >= 0.6 is 0 Å². The highest BCUT2D eigenvalue weighted by atomic mass is 15.6. The van der Waals surface area contributed by atoms with E-state index >= 15 is 0 Å². The van der Waals surface area contributed by atoms with Crippen LogP contribution in [-0.4, -0.2) is 5.66 Å². The zero-order valence-corrected chi connectivity index (χ0v) is 10.1. The van der Waals surface area contributed by atoms with E-state index in [9.17, 15) is 0 Å². The second kappa shape index (κ2) is 5.93. The molecule has 0 amide bonds. The highest BCUT2D eigenvalue weighted by molar-refractivity contribution is 4.85. The van der Waals surface area contributed by atoms with Crippen molar-refractivity contribution in [3.05, 3.63) is 0 Å². The fraction of sp³-hybridized carbons (Fsp3) is 1.00. The van der Waals surface area contributed by atoms with Crippen molar-refractivity contribution < 1.29 is 0 Å². The van der Waals surface area contributed by atoms with Crippen LogP contribution in [0.5, 0.6) is 0 Å². The van der Waals surface area contributed by atoms with Gasteiger partial charge in [0.15, 0.2) is 5.66 Å². The molecule has 1 rings (SSSR count). The van der Waals surface area contributed by atoms with Crippen LogP contribution in [0.2, 0.25) is 0 Å². The maximum atomic E-state index is 4.20. The van der Waals surface area contributed by atoms with Crippen molar-refractivity contribution in [1.82, 2.24) is 0 Å². The minimum atomic E-state index is -0.318. The molecular weight excluding hydrogens is 188 g/mol. The summed E-state index contributed by atoms with van der Waals surface area (Å²) in [6.07, 6.45) is 6.97. The first-order valence-electron chi connectivity index (χ1n) is 6.02. The summed E-state index contributed by atoms with van der Waals surface area (Å²) in [6.45, 7) is 6.60. The fourth-order valence-electron chi connectivity index (χ4n) is 2.00. The molecule has 0 atom stereocenters. The molecule has 4 nitrogen and oxygen atoms in total. The summed E-state index contributed by atoms with van der Waals surface area (Å²) in [5.74, 6) is 0.590. The third-order valence-electron chi connectivity index (χ3n) is 2.67. The summed E-state index contributed by atoms with van der Waals surface area (Å²) < 4.78 is 0. The smallest absolute Gasteiger partial charge is 0.135 e. The lowest BCUT2D eigenvalue weighted by molar-refractivity contribution is 0.318. The Morgan fingerprint density at radius 1 is 1.00 bits per heavy atom. The van der Waals surface area contributed by atoms with Crippen LogP contribution in [0.1, 0.15) is 59.3 Å². The Balaban J connectivity index is 2.37. The fourth-order valence-corrected chi connectivity index (χ4v) is 2.00. The van der Waals surface area contributed by atoms with Crippen molar-refractivity contribution in [2.45, 2.75) is 65.0 Å². The Morgan fingerprint density at radius 2 is 1.67 bits per heavy atom. The molecule has 1 aliphatic rings. The quantitative estimate of drug-likeness (QED) is 0.554. The topological polar surface area (TPSA) is 49.4 Å². The van der Waals surface area contributed by atoms with Gasteiger partial charge in [0.05, 0.1) is 0 Å². The minimum Gasteiger partial charge on any atom is -0.135 e. The second-order valence-electron chi connectivity index (χ2n) is 4.77. The van der Waals surface area contributed by atoms with Gasteiger partial charge < -0.3 is 0 Å². The van der Waals surface area contributed by atoms with Crippen molar-refractivity contribution in [3.63, 3.8) is 0 Å².